The molecule has 0 aromatic carbocycles. The molecule has 1 aliphatic rings. The summed E-state index contributed by atoms with van der Waals surface area (Å²) in [7, 11) is 0. The van der Waals surface area contributed by atoms with Gasteiger partial charge >= 0.3 is 11.9 Å². The second kappa shape index (κ2) is 33.0. The monoisotopic (exact) mass is 729 g/mol. The van der Waals surface area contributed by atoms with E-state index in [1.54, 1.807) is 0 Å². The van der Waals surface area contributed by atoms with Crippen molar-refractivity contribution in [3.8, 4) is 0 Å². The van der Waals surface area contributed by atoms with Gasteiger partial charge < -0.3 is 39.4 Å². The number of carbonyl (C=O) groups is 2. The number of hydrogen-bond acceptors (Lipinski definition) is 10. The van der Waals surface area contributed by atoms with Gasteiger partial charge in [0.05, 0.1) is 13.2 Å². The molecule has 0 aliphatic carbocycles. The van der Waals surface area contributed by atoms with E-state index in [0.717, 1.165) is 44.9 Å². The predicted molar refractivity (Wildman–Crippen MR) is 201 cm³/mol. The molecule has 1 aliphatic heterocycles. The second-order valence-electron chi connectivity index (χ2n) is 14.4. The Bertz CT molecular complexity index is 850. The molecular weight excluding hydrogens is 652 g/mol. The van der Waals surface area contributed by atoms with Crippen molar-refractivity contribution in [3.05, 3.63) is 12.2 Å². The van der Waals surface area contributed by atoms with Crippen LogP contribution in [-0.4, -0.2) is 89.0 Å². The van der Waals surface area contributed by atoms with Crippen LogP contribution in [0.3, 0.4) is 0 Å². The van der Waals surface area contributed by atoms with Crippen LogP contribution >= 0.6 is 0 Å². The van der Waals surface area contributed by atoms with Gasteiger partial charge in [-0.05, 0) is 38.5 Å². The fourth-order valence-corrected chi connectivity index (χ4v) is 6.30. The molecule has 0 spiro atoms. The van der Waals surface area contributed by atoms with Crippen molar-refractivity contribution in [2.75, 3.05) is 19.8 Å². The van der Waals surface area contributed by atoms with E-state index >= 15 is 0 Å². The van der Waals surface area contributed by atoms with Gasteiger partial charge in [-0.2, -0.15) is 0 Å². The van der Waals surface area contributed by atoms with Gasteiger partial charge in [0, 0.05) is 12.8 Å². The summed E-state index contributed by atoms with van der Waals surface area (Å²) in [6, 6.07) is 0. The van der Waals surface area contributed by atoms with Gasteiger partial charge in [-0.25, -0.2) is 0 Å². The molecule has 0 bridgehead atoms. The van der Waals surface area contributed by atoms with Crippen LogP contribution in [0.1, 0.15) is 181 Å². The number of rotatable bonds is 34. The zero-order valence-electron chi connectivity index (χ0n) is 32.4. The molecule has 1 rings (SSSR count). The Balaban J connectivity index is 2.38. The van der Waals surface area contributed by atoms with Crippen LogP contribution in [0.5, 0.6) is 0 Å². The van der Waals surface area contributed by atoms with E-state index in [0.29, 0.717) is 6.42 Å². The Morgan fingerprint density at radius 1 is 0.588 bits per heavy atom. The van der Waals surface area contributed by atoms with Crippen molar-refractivity contribution < 1.29 is 49.0 Å². The van der Waals surface area contributed by atoms with Crippen molar-refractivity contribution in [2.24, 2.45) is 0 Å². The molecule has 10 nitrogen and oxygen atoms in total. The van der Waals surface area contributed by atoms with Gasteiger partial charge in [0.2, 0.25) is 0 Å². The minimum Gasteiger partial charge on any atom is -0.462 e. The highest BCUT2D eigenvalue weighted by Gasteiger charge is 2.44. The quantitative estimate of drug-likeness (QED) is 0.0291. The van der Waals surface area contributed by atoms with Crippen molar-refractivity contribution in [1.29, 1.82) is 0 Å². The first-order valence-corrected chi connectivity index (χ1v) is 20.8. The van der Waals surface area contributed by atoms with E-state index < -0.39 is 49.4 Å². The van der Waals surface area contributed by atoms with Crippen molar-refractivity contribution in [1.82, 2.24) is 0 Å². The van der Waals surface area contributed by atoms with Crippen LogP contribution in [0.15, 0.2) is 12.2 Å². The minimum absolute atomic E-state index is 0.213. The van der Waals surface area contributed by atoms with Crippen LogP contribution < -0.4 is 0 Å². The molecular formula is C41H76O10. The van der Waals surface area contributed by atoms with Crippen molar-refractivity contribution >= 4 is 11.9 Å². The number of unbranched alkanes of at least 4 members (excludes halogenated alkanes) is 21. The number of hydrogen-bond donors (Lipinski definition) is 4. The van der Waals surface area contributed by atoms with E-state index in [2.05, 4.69) is 26.0 Å². The van der Waals surface area contributed by atoms with Gasteiger partial charge in [0.1, 0.15) is 31.0 Å². The van der Waals surface area contributed by atoms with E-state index in [1.165, 1.54) is 103 Å². The third kappa shape index (κ3) is 25.2. The molecule has 4 N–H and O–H groups in total. The SMILES string of the molecule is CCCCCCCCCC/C=C/CCCCCC(=O)O[C@H](COC(=O)CCCCCCCCCCCCC)CO[C@@H]1O[C@H](CO)[C@H](O)C(O)C1O. The maximum Gasteiger partial charge on any atom is 0.306 e. The smallest absolute Gasteiger partial charge is 0.306 e. The Labute approximate surface area is 310 Å². The summed E-state index contributed by atoms with van der Waals surface area (Å²) < 4.78 is 22.1. The van der Waals surface area contributed by atoms with E-state index in [1.807, 2.05) is 0 Å². The number of aliphatic hydroxyl groups excluding tert-OH is 4. The third-order valence-corrected chi connectivity index (χ3v) is 9.65. The lowest BCUT2D eigenvalue weighted by Crippen LogP contribution is -2.59. The fourth-order valence-electron chi connectivity index (χ4n) is 6.30. The van der Waals surface area contributed by atoms with Gasteiger partial charge in [-0.1, -0.05) is 142 Å². The lowest BCUT2D eigenvalue weighted by Gasteiger charge is -2.39. The topological polar surface area (TPSA) is 152 Å². The summed E-state index contributed by atoms with van der Waals surface area (Å²) in [6.07, 6.45) is 25.1. The minimum atomic E-state index is -1.59. The zero-order chi connectivity index (χ0) is 37.4. The summed E-state index contributed by atoms with van der Waals surface area (Å²) in [4.78, 5) is 25.2. The Kier molecular flexibility index (Phi) is 30.7. The summed E-state index contributed by atoms with van der Waals surface area (Å²) in [5.74, 6) is -0.820. The molecule has 0 radical (unpaired) electrons. The maximum atomic E-state index is 12.7. The standard InChI is InChI=1S/C41H76O10/c1-3-5-7-9-11-13-15-16-17-18-20-22-24-26-28-30-37(44)50-34(33-49-41-40(47)39(46)38(45)35(31-42)51-41)32-48-36(43)29-27-25-23-21-19-14-12-10-8-6-4-2/h18,20,34-35,38-42,45-47H,3-17,19,21-33H2,1-2H3/b20-18+/t34-,35-,38+,39?,40?,41-/m1/s1. The highest BCUT2D eigenvalue weighted by molar-refractivity contribution is 5.70. The Morgan fingerprint density at radius 2 is 1.04 bits per heavy atom. The molecule has 0 aromatic heterocycles. The van der Waals surface area contributed by atoms with E-state index in [4.69, 9.17) is 18.9 Å². The van der Waals surface area contributed by atoms with Crippen LogP contribution in [0, 0.1) is 0 Å². The first-order valence-electron chi connectivity index (χ1n) is 20.8. The molecule has 300 valence electrons. The number of carbonyl (C=O) groups excluding carboxylic acids is 2. The highest BCUT2D eigenvalue weighted by Crippen LogP contribution is 2.22. The Morgan fingerprint density at radius 3 is 1.55 bits per heavy atom. The van der Waals surface area contributed by atoms with E-state index in [-0.39, 0.29) is 32.0 Å². The van der Waals surface area contributed by atoms with Crippen molar-refractivity contribution in [2.45, 2.75) is 218 Å². The molecule has 0 amide bonds. The number of esters is 2. The second-order valence-corrected chi connectivity index (χ2v) is 14.4. The molecule has 2 unspecified atom stereocenters. The summed E-state index contributed by atoms with van der Waals surface area (Å²) in [5.41, 5.74) is 0. The molecule has 6 atom stereocenters. The largest absolute Gasteiger partial charge is 0.462 e. The zero-order valence-corrected chi connectivity index (χ0v) is 32.4. The molecule has 0 aromatic rings. The molecule has 51 heavy (non-hydrogen) atoms. The molecule has 10 heteroatoms. The highest BCUT2D eigenvalue weighted by atomic mass is 16.7. The van der Waals surface area contributed by atoms with Crippen LogP contribution in [0.2, 0.25) is 0 Å². The number of aliphatic hydroxyl groups is 4. The lowest BCUT2D eigenvalue weighted by molar-refractivity contribution is -0.305. The first kappa shape index (κ1) is 47.5. The van der Waals surface area contributed by atoms with Crippen molar-refractivity contribution in [3.63, 3.8) is 0 Å². The number of allylic oxidation sites excluding steroid dienone is 2. The summed E-state index contributed by atoms with van der Waals surface area (Å²) in [6.45, 7) is 3.39. The molecule has 1 heterocycles. The van der Waals surface area contributed by atoms with Gasteiger partial charge in [0.15, 0.2) is 12.4 Å². The first-order chi connectivity index (χ1) is 24.8. The molecule has 1 fully saturated rings. The average molecular weight is 729 g/mol. The van der Waals surface area contributed by atoms with Gasteiger partial charge in [-0.3, -0.25) is 9.59 Å². The Hall–Kier alpha value is -1.56. The molecule has 0 saturated carbocycles. The fraction of sp³-hybridized carbons (Fsp3) is 0.902. The number of ether oxygens (including phenoxy) is 4. The molecule has 1 saturated heterocycles. The van der Waals surface area contributed by atoms with Crippen LogP contribution in [0.25, 0.3) is 0 Å². The normalized spacial score (nSPS) is 21.3. The predicted octanol–water partition coefficient (Wildman–Crippen LogP) is 8.00. The van der Waals surface area contributed by atoms with Gasteiger partial charge in [0.25, 0.3) is 0 Å². The van der Waals surface area contributed by atoms with Gasteiger partial charge in [-0.15, -0.1) is 0 Å². The van der Waals surface area contributed by atoms with Crippen LogP contribution in [0.4, 0.5) is 0 Å². The third-order valence-electron chi connectivity index (χ3n) is 9.65. The van der Waals surface area contributed by atoms with E-state index in [9.17, 15) is 30.0 Å². The lowest BCUT2D eigenvalue weighted by atomic mass is 9.99. The average Bonchev–Trinajstić information content (AvgIpc) is 3.13. The van der Waals surface area contributed by atoms with Crippen LogP contribution in [-0.2, 0) is 28.5 Å². The maximum absolute atomic E-state index is 12.7. The summed E-state index contributed by atoms with van der Waals surface area (Å²) in [5, 5.41) is 39.9. The summed E-state index contributed by atoms with van der Waals surface area (Å²) >= 11 is 0.